The summed E-state index contributed by atoms with van der Waals surface area (Å²) in [4.78, 5) is 0. The first-order valence-electron chi connectivity index (χ1n) is 5.24. The fourth-order valence-corrected chi connectivity index (χ4v) is 2.58. The second-order valence-electron chi connectivity index (χ2n) is 5.02. The Labute approximate surface area is 76.2 Å². The lowest BCUT2D eigenvalue weighted by Crippen LogP contribution is -2.35. The molecular weight excluding hydrogens is 148 g/mol. The lowest BCUT2D eigenvalue weighted by molar-refractivity contribution is -0.0293. The van der Waals surface area contributed by atoms with Gasteiger partial charge in [-0.25, -0.2) is 0 Å². The van der Waals surface area contributed by atoms with E-state index in [2.05, 4.69) is 20.8 Å². The van der Waals surface area contributed by atoms with E-state index < -0.39 is 0 Å². The molecule has 1 saturated carbocycles. The van der Waals surface area contributed by atoms with Crippen LogP contribution in [0.4, 0.5) is 0 Å². The number of hydrogen-bond donors (Lipinski definition) is 1. The molecule has 1 unspecified atom stereocenters. The third kappa shape index (κ3) is 2.78. The molecule has 1 fully saturated rings. The van der Waals surface area contributed by atoms with Crippen molar-refractivity contribution in [3.05, 3.63) is 0 Å². The van der Waals surface area contributed by atoms with Gasteiger partial charge in [-0.15, -0.1) is 0 Å². The SMILES string of the molecule is CC(C)CC1(O)CCC[C@@H](C)C1. The number of rotatable bonds is 2. The van der Waals surface area contributed by atoms with Gasteiger partial charge in [0.1, 0.15) is 0 Å². The average molecular weight is 170 g/mol. The van der Waals surface area contributed by atoms with Gasteiger partial charge in [0.15, 0.2) is 0 Å². The second-order valence-corrected chi connectivity index (χ2v) is 5.02. The number of hydrogen-bond acceptors (Lipinski definition) is 1. The summed E-state index contributed by atoms with van der Waals surface area (Å²) >= 11 is 0. The highest BCUT2D eigenvalue weighted by Crippen LogP contribution is 2.36. The maximum absolute atomic E-state index is 10.2. The summed E-state index contributed by atoms with van der Waals surface area (Å²) in [5.74, 6) is 1.35. The zero-order chi connectivity index (χ0) is 9.19. The minimum Gasteiger partial charge on any atom is -0.390 e. The quantitative estimate of drug-likeness (QED) is 0.675. The van der Waals surface area contributed by atoms with E-state index in [1.54, 1.807) is 0 Å². The second kappa shape index (κ2) is 3.78. The van der Waals surface area contributed by atoms with Crippen molar-refractivity contribution in [2.75, 3.05) is 0 Å². The summed E-state index contributed by atoms with van der Waals surface area (Å²) in [5, 5.41) is 10.2. The molecule has 12 heavy (non-hydrogen) atoms. The fourth-order valence-electron chi connectivity index (χ4n) is 2.58. The zero-order valence-electron chi connectivity index (χ0n) is 8.64. The van der Waals surface area contributed by atoms with Gasteiger partial charge in [-0.1, -0.05) is 33.6 Å². The first-order chi connectivity index (χ1) is 5.52. The van der Waals surface area contributed by atoms with Crippen LogP contribution in [0, 0.1) is 11.8 Å². The lowest BCUT2D eigenvalue weighted by Gasteiger charge is -2.36. The Morgan fingerprint density at radius 1 is 1.50 bits per heavy atom. The first-order valence-corrected chi connectivity index (χ1v) is 5.24. The van der Waals surface area contributed by atoms with Crippen LogP contribution in [0.1, 0.15) is 52.9 Å². The molecule has 0 radical (unpaired) electrons. The molecule has 0 bridgehead atoms. The summed E-state index contributed by atoms with van der Waals surface area (Å²) in [6.45, 7) is 6.64. The van der Waals surface area contributed by atoms with Crippen LogP contribution in [0.25, 0.3) is 0 Å². The largest absolute Gasteiger partial charge is 0.390 e. The maximum atomic E-state index is 10.2. The average Bonchev–Trinajstić information content (AvgIpc) is 1.82. The Hall–Kier alpha value is -0.0400. The lowest BCUT2D eigenvalue weighted by atomic mass is 9.75. The van der Waals surface area contributed by atoms with E-state index in [1.165, 1.54) is 12.8 Å². The molecule has 0 aromatic rings. The van der Waals surface area contributed by atoms with Crippen molar-refractivity contribution >= 4 is 0 Å². The maximum Gasteiger partial charge on any atom is 0.0652 e. The summed E-state index contributed by atoms with van der Waals surface area (Å²) < 4.78 is 0. The zero-order valence-corrected chi connectivity index (χ0v) is 8.64. The van der Waals surface area contributed by atoms with Crippen LogP contribution in [0.15, 0.2) is 0 Å². The summed E-state index contributed by atoms with van der Waals surface area (Å²) in [6.07, 6.45) is 5.54. The first kappa shape index (κ1) is 10.0. The highest BCUT2D eigenvalue weighted by molar-refractivity contribution is 4.85. The van der Waals surface area contributed by atoms with Crippen molar-refractivity contribution in [2.45, 2.75) is 58.5 Å². The molecule has 1 heteroatoms. The Kier molecular flexibility index (Phi) is 3.16. The van der Waals surface area contributed by atoms with Crippen LogP contribution in [-0.2, 0) is 0 Å². The Morgan fingerprint density at radius 3 is 2.67 bits per heavy atom. The fraction of sp³-hybridized carbons (Fsp3) is 1.00. The molecule has 0 amide bonds. The van der Waals surface area contributed by atoms with Crippen molar-refractivity contribution in [1.82, 2.24) is 0 Å². The van der Waals surface area contributed by atoms with E-state index in [-0.39, 0.29) is 5.60 Å². The Balaban J connectivity index is 2.45. The monoisotopic (exact) mass is 170 g/mol. The van der Waals surface area contributed by atoms with E-state index >= 15 is 0 Å². The predicted octanol–water partition coefficient (Wildman–Crippen LogP) is 2.97. The molecule has 0 aromatic carbocycles. The van der Waals surface area contributed by atoms with Crippen molar-refractivity contribution in [3.63, 3.8) is 0 Å². The molecule has 0 spiro atoms. The van der Waals surface area contributed by atoms with Gasteiger partial charge in [0, 0.05) is 0 Å². The minimum absolute atomic E-state index is 0.328. The molecule has 1 nitrogen and oxygen atoms in total. The van der Waals surface area contributed by atoms with Gasteiger partial charge in [0.2, 0.25) is 0 Å². The van der Waals surface area contributed by atoms with Gasteiger partial charge in [-0.3, -0.25) is 0 Å². The topological polar surface area (TPSA) is 20.2 Å². The minimum atomic E-state index is -0.328. The van der Waals surface area contributed by atoms with Gasteiger partial charge in [0.05, 0.1) is 5.60 Å². The molecular formula is C11H22O. The summed E-state index contributed by atoms with van der Waals surface area (Å²) in [6, 6.07) is 0. The van der Waals surface area contributed by atoms with Crippen LogP contribution in [-0.4, -0.2) is 10.7 Å². The molecule has 0 aromatic heterocycles. The Morgan fingerprint density at radius 2 is 2.17 bits per heavy atom. The summed E-state index contributed by atoms with van der Waals surface area (Å²) in [5.41, 5.74) is -0.328. The molecule has 1 rings (SSSR count). The molecule has 0 heterocycles. The predicted molar refractivity (Wildman–Crippen MR) is 52.0 cm³/mol. The van der Waals surface area contributed by atoms with E-state index in [0.717, 1.165) is 25.2 Å². The van der Waals surface area contributed by atoms with Crippen LogP contribution >= 0.6 is 0 Å². The third-order valence-corrected chi connectivity index (χ3v) is 2.86. The molecule has 1 aliphatic carbocycles. The highest BCUT2D eigenvalue weighted by Gasteiger charge is 2.32. The molecule has 1 aliphatic rings. The van der Waals surface area contributed by atoms with Crippen molar-refractivity contribution in [1.29, 1.82) is 0 Å². The Bertz CT molecular complexity index is 138. The molecule has 2 atom stereocenters. The van der Waals surface area contributed by atoms with E-state index in [9.17, 15) is 5.11 Å². The van der Waals surface area contributed by atoms with Crippen molar-refractivity contribution in [2.24, 2.45) is 11.8 Å². The molecule has 72 valence electrons. The van der Waals surface area contributed by atoms with E-state index in [1.807, 2.05) is 0 Å². The van der Waals surface area contributed by atoms with Crippen LogP contribution in [0.5, 0.6) is 0 Å². The van der Waals surface area contributed by atoms with Gasteiger partial charge < -0.3 is 5.11 Å². The standard InChI is InChI=1S/C11H22O/c1-9(2)7-11(12)6-4-5-10(3)8-11/h9-10,12H,4-8H2,1-3H3/t10-,11?/m1/s1. The van der Waals surface area contributed by atoms with Crippen molar-refractivity contribution in [3.8, 4) is 0 Å². The van der Waals surface area contributed by atoms with E-state index in [0.29, 0.717) is 5.92 Å². The van der Waals surface area contributed by atoms with Gasteiger partial charge in [-0.2, -0.15) is 0 Å². The highest BCUT2D eigenvalue weighted by atomic mass is 16.3. The van der Waals surface area contributed by atoms with Gasteiger partial charge in [0.25, 0.3) is 0 Å². The van der Waals surface area contributed by atoms with Gasteiger partial charge in [-0.05, 0) is 31.1 Å². The molecule has 1 N–H and O–H groups in total. The summed E-state index contributed by atoms with van der Waals surface area (Å²) in [7, 11) is 0. The molecule has 0 saturated heterocycles. The normalized spacial score (nSPS) is 37.2. The van der Waals surface area contributed by atoms with Crippen LogP contribution in [0.2, 0.25) is 0 Å². The van der Waals surface area contributed by atoms with E-state index in [4.69, 9.17) is 0 Å². The molecule has 0 aliphatic heterocycles. The smallest absolute Gasteiger partial charge is 0.0652 e. The third-order valence-electron chi connectivity index (χ3n) is 2.86. The van der Waals surface area contributed by atoms with Crippen LogP contribution < -0.4 is 0 Å². The number of aliphatic hydroxyl groups is 1. The van der Waals surface area contributed by atoms with Gasteiger partial charge >= 0.3 is 0 Å². The van der Waals surface area contributed by atoms with Crippen molar-refractivity contribution < 1.29 is 5.11 Å². The van der Waals surface area contributed by atoms with Crippen LogP contribution in [0.3, 0.4) is 0 Å².